The van der Waals surface area contributed by atoms with E-state index in [0.29, 0.717) is 31.7 Å². The van der Waals surface area contributed by atoms with Gasteiger partial charge in [0.05, 0.1) is 11.9 Å². The van der Waals surface area contributed by atoms with E-state index >= 15 is 0 Å². The van der Waals surface area contributed by atoms with Gasteiger partial charge in [-0.2, -0.15) is 0 Å². The molecule has 3 aliphatic rings. The number of sulfonamides is 1. The summed E-state index contributed by atoms with van der Waals surface area (Å²) >= 11 is 0. The summed E-state index contributed by atoms with van der Waals surface area (Å²) in [5.41, 5.74) is 0.252. The van der Waals surface area contributed by atoms with Crippen molar-refractivity contribution in [2.24, 2.45) is 10.4 Å². The van der Waals surface area contributed by atoms with Crippen molar-refractivity contribution in [3.63, 3.8) is 0 Å². The molecule has 0 radical (unpaired) electrons. The highest BCUT2D eigenvalue weighted by molar-refractivity contribution is 7.89. The van der Waals surface area contributed by atoms with E-state index in [1.54, 1.807) is 4.31 Å². The lowest BCUT2D eigenvalue weighted by Crippen LogP contribution is -2.67. The molecule has 0 aromatic rings. The first-order chi connectivity index (χ1) is 14.4. The molecule has 8 heteroatoms. The van der Waals surface area contributed by atoms with Gasteiger partial charge in [-0.15, -0.1) is 0 Å². The van der Waals surface area contributed by atoms with Gasteiger partial charge in [-0.1, -0.05) is 26.2 Å². The number of guanidine groups is 1. The summed E-state index contributed by atoms with van der Waals surface area (Å²) < 4.78 is 32.4. The first-order valence-electron chi connectivity index (χ1n) is 12.1. The van der Waals surface area contributed by atoms with E-state index in [4.69, 9.17) is 9.73 Å². The average Bonchev–Trinajstić information content (AvgIpc) is 2.74. The first kappa shape index (κ1) is 23.8. The van der Waals surface area contributed by atoms with E-state index in [1.807, 2.05) is 6.92 Å². The Balaban J connectivity index is 1.56. The number of ether oxygens (including phenoxy) is 1. The van der Waals surface area contributed by atoms with Crippen molar-refractivity contribution in [3.05, 3.63) is 0 Å². The molecule has 1 spiro atoms. The summed E-state index contributed by atoms with van der Waals surface area (Å²) in [5.74, 6) is 1.14. The molecule has 2 N–H and O–H groups in total. The van der Waals surface area contributed by atoms with Crippen LogP contribution in [0.1, 0.15) is 78.6 Å². The second-order valence-electron chi connectivity index (χ2n) is 9.13. The summed E-state index contributed by atoms with van der Waals surface area (Å²) in [7, 11) is -3.09. The van der Waals surface area contributed by atoms with Crippen LogP contribution in [0, 0.1) is 5.41 Å². The molecule has 1 heterocycles. The standard InChI is InChI=1S/C22H42N4O3S/c1-4-16-30(27,28)26-14-10-18(11-15-26)24-21(23-5-2)25-19-17-20(29-6-3)22(19)12-8-7-9-13-22/h18-20H,4-17H2,1-3H3,(H2,23,24,25). The lowest BCUT2D eigenvalue weighted by atomic mass is 9.55. The predicted molar refractivity (Wildman–Crippen MR) is 122 cm³/mol. The summed E-state index contributed by atoms with van der Waals surface area (Å²) in [5, 5.41) is 7.34. The van der Waals surface area contributed by atoms with Crippen LogP contribution in [0.4, 0.5) is 0 Å². The van der Waals surface area contributed by atoms with Crippen LogP contribution in [0.15, 0.2) is 4.99 Å². The highest BCUT2D eigenvalue weighted by Gasteiger charge is 2.56. The van der Waals surface area contributed by atoms with Crippen molar-refractivity contribution in [3.8, 4) is 0 Å². The zero-order valence-electron chi connectivity index (χ0n) is 19.2. The third kappa shape index (κ3) is 5.30. The summed E-state index contributed by atoms with van der Waals surface area (Å²) in [6.45, 7) is 8.78. The summed E-state index contributed by atoms with van der Waals surface area (Å²) in [6.07, 6.45) is 10.1. The molecule has 30 heavy (non-hydrogen) atoms. The molecule has 3 rings (SSSR count). The number of aliphatic imine (C=N–C) groups is 1. The van der Waals surface area contributed by atoms with E-state index in [0.717, 1.165) is 38.4 Å². The maximum Gasteiger partial charge on any atom is 0.214 e. The van der Waals surface area contributed by atoms with E-state index < -0.39 is 10.0 Å². The molecule has 2 aliphatic carbocycles. The molecule has 2 unspecified atom stereocenters. The van der Waals surface area contributed by atoms with Crippen LogP contribution in [0.2, 0.25) is 0 Å². The Morgan fingerprint density at radius 2 is 1.80 bits per heavy atom. The van der Waals surface area contributed by atoms with E-state index in [2.05, 4.69) is 24.5 Å². The molecule has 0 aromatic carbocycles. The molecular weight excluding hydrogens is 400 g/mol. The van der Waals surface area contributed by atoms with Crippen LogP contribution in [0.5, 0.6) is 0 Å². The number of nitrogens with one attached hydrogen (secondary N) is 2. The number of hydrogen-bond donors (Lipinski definition) is 2. The van der Waals surface area contributed by atoms with Gasteiger partial charge in [0.1, 0.15) is 0 Å². The van der Waals surface area contributed by atoms with Crippen molar-refractivity contribution < 1.29 is 13.2 Å². The van der Waals surface area contributed by atoms with E-state index in [-0.39, 0.29) is 17.2 Å². The molecule has 7 nitrogen and oxygen atoms in total. The van der Waals surface area contributed by atoms with Gasteiger partial charge in [0.2, 0.25) is 10.0 Å². The maximum atomic E-state index is 12.3. The fourth-order valence-electron chi connectivity index (χ4n) is 5.58. The Hall–Kier alpha value is -0.860. The molecule has 174 valence electrons. The van der Waals surface area contributed by atoms with Crippen molar-refractivity contribution in [1.82, 2.24) is 14.9 Å². The molecule has 3 fully saturated rings. The van der Waals surface area contributed by atoms with Gasteiger partial charge in [0, 0.05) is 43.7 Å². The second-order valence-corrected chi connectivity index (χ2v) is 11.2. The monoisotopic (exact) mass is 442 g/mol. The SMILES string of the molecule is CCCS(=O)(=O)N1CCC(NC(=NCC)NC2CC(OCC)C23CCCCC3)CC1. The minimum Gasteiger partial charge on any atom is -0.378 e. The van der Waals surface area contributed by atoms with E-state index in [1.165, 1.54) is 32.1 Å². The van der Waals surface area contributed by atoms with Gasteiger partial charge in [-0.3, -0.25) is 4.99 Å². The van der Waals surface area contributed by atoms with Crippen LogP contribution in [0.25, 0.3) is 0 Å². The third-order valence-corrected chi connectivity index (χ3v) is 9.29. The fourth-order valence-corrected chi connectivity index (χ4v) is 7.12. The Bertz CT molecular complexity index is 668. The van der Waals surface area contributed by atoms with Crippen molar-refractivity contribution >= 4 is 16.0 Å². The predicted octanol–water partition coefficient (Wildman–Crippen LogP) is 2.87. The molecular formula is C22H42N4O3S. The number of rotatable bonds is 8. The lowest BCUT2D eigenvalue weighted by molar-refractivity contribution is -0.145. The lowest BCUT2D eigenvalue weighted by Gasteiger charge is -2.58. The van der Waals surface area contributed by atoms with Gasteiger partial charge in [-0.25, -0.2) is 12.7 Å². The van der Waals surface area contributed by atoms with Crippen LogP contribution >= 0.6 is 0 Å². The fraction of sp³-hybridized carbons (Fsp3) is 0.955. The first-order valence-corrected chi connectivity index (χ1v) is 13.7. The molecule has 1 aliphatic heterocycles. The molecule has 1 saturated heterocycles. The Kier molecular flexibility index (Phi) is 8.44. The van der Waals surface area contributed by atoms with Crippen LogP contribution in [-0.4, -0.2) is 68.9 Å². The highest BCUT2D eigenvalue weighted by Crippen LogP contribution is 2.53. The molecule has 0 amide bonds. The van der Waals surface area contributed by atoms with Crippen molar-refractivity contribution in [2.45, 2.75) is 96.7 Å². The van der Waals surface area contributed by atoms with Crippen LogP contribution < -0.4 is 10.6 Å². The molecule has 2 saturated carbocycles. The topological polar surface area (TPSA) is 83.0 Å². The molecule has 0 bridgehead atoms. The summed E-state index contributed by atoms with van der Waals surface area (Å²) in [4.78, 5) is 4.71. The zero-order valence-corrected chi connectivity index (χ0v) is 20.0. The van der Waals surface area contributed by atoms with Gasteiger partial charge < -0.3 is 15.4 Å². The number of piperidine rings is 1. The number of nitrogens with zero attached hydrogens (tertiary/aromatic N) is 2. The number of hydrogen-bond acceptors (Lipinski definition) is 4. The molecule has 2 atom stereocenters. The smallest absolute Gasteiger partial charge is 0.214 e. The minimum atomic E-state index is -3.09. The third-order valence-electron chi connectivity index (χ3n) is 7.21. The van der Waals surface area contributed by atoms with Gasteiger partial charge in [-0.05, 0) is 52.4 Å². The van der Waals surface area contributed by atoms with Gasteiger partial charge >= 0.3 is 0 Å². The highest BCUT2D eigenvalue weighted by atomic mass is 32.2. The quantitative estimate of drug-likeness (QED) is 0.446. The zero-order chi connectivity index (χ0) is 21.6. The van der Waals surface area contributed by atoms with E-state index in [9.17, 15) is 8.42 Å². The normalized spacial score (nSPS) is 28.3. The van der Waals surface area contributed by atoms with Crippen LogP contribution in [0.3, 0.4) is 0 Å². The second kappa shape index (κ2) is 10.6. The Labute approximate surface area is 183 Å². The Morgan fingerprint density at radius 3 is 2.40 bits per heavy atom. The summed E-state index contributed by atoms with van der Waals surface area (Å²) in [6, 6.07) is 0.679. The van der Waals surface area contributed by atoms with Gasteiger partial charge in [0.25, 0.3) is 0 Å². The average molecular weight is 443 g/mol. The molecule has 0 aromatic heterocycles. The van der Waals surface area contributed by atoms with Crippen molar-refractivity contribution in [1.29, 1.82) is 0 Å². The largest absolute Gasteiger partial charge is 0.378 e. The van der Waals surface area contributed by atoms with Crippen LogP contribution in [-0.2, 0) is 14.8 Å². The van der Waals surface area contributed by atoms with Crippen molar-refractivity contribution in [2.75, 3.05) is 32.0 Å². The maximum absolute atomic E-state index is 12.3. The van der Waals surface area contributed by atoms with Gasteiger partial charge in [0.15, 0.2) is 5.96 Å². The Morgan fingerprint density at radius 1 is 1.10 bits per heavy atom. The minimum absolute atomic E-state index is 0.250.